The number of fused-ring (bicyclic) bond motifs is 1. The predicted molar refractivity (Wildman–Crippen MR) is 85.8 cm³/mol. The number of nitrogens with zero attached hydrogens (tertiary/aromatic N) is 4. The van der Waals surface area contributed by atoms with Crippen LogP contribution in [0.5, 0.6) is 0 Å². The molecule has 0 aliphatic rings. The Morgan fingerprint density at radius 3 is 2.90 bits per heavy atom. The maximum Gasteiger partial charge on any atom is 0.177 e. The van der Waals surface area contributed by atoms with Crippen LogP contribution in [0, 0.1) is 6.92 Å². The molecule has 2 aromatic heterocycles. The van der Waals surface area contributed by atoms with E-state index in [2.05, 4.69) is 48.4 Å². The summed E-state index contributed by atoms with van der Waals surface area (Å²) in [7, 11) is 0. The monoisotopic (exact) mass is 339 g/mol. The minimum atomic E-state index is 0.720. The molecule has 0 saturated heterocycles. The zero-order chi connectivity index (χ0) is 14.5. The van der Waals surface area contributed by atoms with Crippen LogP contribution in [0.1, 0.15) is 19.2 Å². The second kappa shape index (κ2) is 7.15. The van der Waals surface area contributed by atoms with Crippen molar-refractivity contribution in [3.63, 3.8) is 0 Å². The molecule has 0 spiro atoms. The second-order valence-corrected chi connectivity index (χ2v) is 5.80. The number of hydrogen-bond donors (Lipinski definition) is 1. The first-order valence-electron chi connectivity index (χ1n) is 7.06. The van der Waals surface area contributed by atoms with Gasteiger partial charge in [-0.1, -0.05) is 6.92 Å². The van der Waals surface area contributed by atoms with Crippen LogP contribution in [-0.2, 0) is 6.54 Å². The van der Waals surface area contributed by atoms with Gasteiger partial charge in [-0.3, -0.25) is 0 Å². The number of imidazole rings is 1. The van der Waals surface area contributed by atoms with Crippen molar-refractivity contribution in [3.8, 4) is 0 Å². The van der Waals surface area contributed by atoms with Gasteiger partial charge in [-0.15, -0.1) is 0 Å². The molecular weight excluding hydrogens is 318 g/mol. The lowest BCUT2D eigenvalue weighted by atomic mass is 10.3. The molecule has 0 fully saturated rings. The molecule has 0 bridgehead atoms. The Labute approximate surface area is 128 Å². The summed E-state index contributed by atoms with van der Waals surface area (Å²) < 4.78 is 3.23. The summed E-state index contributed by atoms with van der Waals surface area (Å²) in [5, 5.41) is 0. The first-order chi connectivity index (χ1) is 9.65. The summed E-state index contributed by atoms with van der Waals surface area (Å²) in [5.41, 5.74) is 7.53. The number of nitrogens with two attached hydrogens (primary N) is 1. The quantitative estimate of drug-likeness (QED) is 0.839. The summed E-state index contributed by atoms with van der Waals surface area (Å²) in [6.45, 7) is 8.97. The second-order valence-electron chi connectivity index (χ2n) is 4.88. The standard InChI is InChI=1S/C14H22BrN5/c1-3-19(8-5-16)6-4-7-20-11(2)18-14-13(20)9-12(15)10-17-14/h9-10H,3-8,16H2,1-2H3. The van der Waals surface area contributed by atoms with Crippen molar-refractivity contribution in [1.29, 1.82) is 0 Å². The van der Waals surface area contributed by atoms with Crippen LogP contribution < -0.4 is 5.73 Å². The van der Waals surface area contributed by atoms with Crippen LogP contribution in [-0.4, -0.2) is 45.6 Å². The third-order valence-electron chi connectivity index (χ3n) is 3.51. The molecule has 2 aromatic rings. The van der Waals surface area contributed by atoms with Crippen molar-refractivity contribution in [2.24, 2.45) is 5.73 Å². The van der Waals surface area contributed by atoms with Crippen molar-refractivity contribution in [2.75, 3.05) is 26.2 Å². The fourth-order valence-electron chi connectivity index (χ4n) is 2.44. The Hall–Kier alpha value is -0.980. The summed E-state index contributed by atoms with van der Waals surface area (Å²) in [6.07, 6.45) is 2.88. The van der Waals surface area contributed by atoms with E-state index >= 15 is 0 Å². The predicted octanol–water partition coefficient (Wildman–Crippen LogP) is 2.17. The Balaban J connectivity index is 2.06. The van der Waals surface area contributed by atoms with Gasteiger partial charge in [0.2, 0.25) is 0 Å². The van der Waals surface area contributed by atoms with E-state index < -0.39 is 0 Å². The van der Waals surface area contributed by atoms with Crippen molar-refractivity contribution in [1.82, 2.24) is 19.4 Å². The molecule has 20 heavy (non-hydrogen) atoms. The van der Waals surface area contributed by atoms with E-state index in [1.807, 2.05) is 6.92 Å². The maximum absolute atomic E-state index is 5.62. The van der Waals surface area contributed by atoms with Gasteiger partial charge < -0.3 is 15.2 Å². The number of hydrogen-bond acceptors (Lipinski definition) is 4. The molecule has 0 radical (unpaired) electrons. The number of halogens is 1. The molecule has 0 aromatic carbocycles. The van der Waals surface area contributed by atoms with E-state index in [9.17, 15) is 0 Å². The average molecular weight is 340 g/mol. The van der Waals surface area contributed by atoms with Crippen molar-refractivity contribution in [2.45, 2.75) is 26.8 Å². The maximum atomic E-state index is 5.62. The third-order valence-corrected chi connectivity index (χ3v) is 3.95. The Morgan fingerprint density at radius 1 is 1.40 bits per heavy atom. The van der Waals surface area contributed by atoms with Crippen LogP contribution >= 0.6 is 15.9 Å². The highest BCUT2D eigenvalue weighted by Gasteiger charge is 2.09. The number of aromatic nitrogens is 3. The molecule has 2 rings (SSSR count). The van der Waals surface area contributed by atoms with Crippen LogP contribution in [0.2, 0.25) is 0 Å². The molecule has 5 nitrogen and oxygen atoms in total. The molecule has 0 saturated carbocycles. The fraction of sp³-hybridized carbons (Fsp3) is 0.571. The van der Waals surface area contributed by atoms with Gasteiger partial charge in [0.1, 0.15) is 5.82 Å². The Kier molecular flexibility index (Phi) is 5.51. The SMILES string of the molecule is CCN(CCN)CCCn1c(C)nc2ncc(Br)cc21. The van der Waals surface area contributed by atoms with E-state index in [0.717, 1.165) is 60.6 Å². The zero-order valence-electron chi connectivity index (χ0n) is 12.1. The first-order valence-corrected chi connectivity index (χ1v) is 7.85. The van der Waals surface area contributed by atoms with Gasteiger partial charge in [0.05, 0.1) is 5.52 Å². The molecule has 2 N–H and O–H groups in total. The smallest absolute Gasteiger partial charge is 0.177 e. The highest BCUT2D eigenvalue weighted by Crippen LogP contribution is 2.18. The van der Waals surface area contributed by atoms with Crippen molar-refractivity contribution < 1.29 is 0 Å². The lowest BCUT2D eigenvalue weighted by Crippen LogP contribution is -2.30. The molecule has 0 unspecified atom stereocenters. The highest BCUT2D eigenvalue weighted by atomic mass is 79.9. The van der Waals surface area contributed by atoms with Crippen LogP contribution in [0.15, 0.2) is 16.7 Å². The topological polar surface area (TPSA) is 60.0 Å². The summed E-state index contributed by atoms with van der Waals surface area (Å²) in [5.74, 6) is 1.02. The van der Waals surface area contributed by atoms with E-state index in [4.69, 9.17) is 5.73 Å². The lowest BCUT2D eigenvalue weighted by molar-refractivity contribution is 0.286. The van der Waals surface area contributed by atoms with Gasteiger partial charge in [0, 0.05) is 30.3 Å². The molecule has 0 aliphatic carbocycles. The Morgan fingerprint density at radius 2 is 2.20 bits per heavy atom. The minimum Gasteiger partial charge on any atom is -0.329 e. The summed E-state index contributed by atoms with van der Waals surface area (Å²) >= 11 is 3.47. The van der Waals surface area contributed by atoms with Gasteiger partial charge in [-0.2, -0.15) is 0 Å². The third kappa shape index (κ3) is 3.56. The van der Waals surface area contributed by atoms with E-state index in [1.54, 1.807) is 6.20 Å². The zero-order valence-corrected chi connectivity index (χ0v) is 13.7. The largest absolute Gasteiger partial charge is 0.329 e. The summed E-state index contributed by atoms with van der Waals surface area (Å²) in [4.78, 5) is 11.2. The number of rotatable bonds is 7. The average Bonchev–Trinajstić information content (AvgIpc) is 2.73. The van der Waals surface area contributed by atoms with Crippen LogP contribution in [0.4, 0.5) is 0 Å². The van der Waals surface area contributed by atoms with E-state index in [-0.39, 0.29) is 0 Å². The van der Waals surface area contributed by atoms with E-state index in [0.29, 0.717) is 0 Å². The molecule has 0 atom stereocenters. The molecule has 2 heterocycles. The Bertz CT molecular complexity index is 566. The van der Waals surface area contributed by atoms with Crippen LogP contribution in [0.3, 0.4) is 0 Å². The minimum absolute atomic E-state index is 0.720. The van der Waals surface area contributed by atoms with Gasteiger partial charge in [-0.25, -0.2) is 9.97 Å². The normalized spacial score (nSPS) is 11.7. The van der Waals surface area contributed by atoms with Gasteiger partial charge in [0.15, 0.2) is 5.65 Å². The van der Waals surface area contributed by atoms with E-state index in [1.165, 1.54) is 0 Å². The molecule has 0 amide bonds. The van der Waals surface area contributed by atoms with Gasteiger partial charge >= 0.3 is 0 Å². The highest BCUT2D eigenvalue weighted by molar-refractivity contribution is 9.10. The van der Waals surface area contributed by atoms with Gasteiger partial charge in [-0.05, 0) is 48.4 Å². The first kappa shape index (κ1) is 15.4. The fourth-order valence-corrected chi connectivity index (χ4v) is 2.76. The molecule has 0 aliphatic heterocycles. The number of aryl methyl sites for hydroxylation is 2. The molecular formula is C14H22BrN5. The van der Waals surface area contributed by atoms with Crippen molar-refractivity contribution in [3.05, 3.63) is 22.6 Å². The lowest BCUT2D eigenvalue weighted by Gasteiger charge is -2.19. The van der Waals surface area contributed by atoms with Crippen LogP contribution in [0.25, 0.3) is 11.2 Å². The molecule has 6 heteroatoms. The molecule has 110 valence electrons. The van der Waals surface area contributed by atoms with Crippen molar-refractivity contribution >= 4 is 27.1 Å². The summed E-state index contributed by atoms with van der Waals surface area (Å²) in [6, 6.07) is 2.08. The van der Waals surface area contributed by atoms with Gasteiger partial charge in [0.25, 0.3) is 0 Å². The number of likely N-dealkylation sites (N-methyl/N-ethyl adjacent to an activating group) is 1. The number of pyridine rings is 1.